The highest BCUT2D eigenvalue weighted by Gasteiger charge is 2.26. The number of amides is 1. The maximum Gasteiger partial charge on any atom is 0.306 e. The number of thiophene rings is 1. The Labute approximate surface area is 131 Å². The molecule has 1 amide bonds. The summed E-state index contributed by atoms with van der Waals surface area (Å²) in [4.78, 5) is 25.8. The zero-order valence-corrected chi connectivity index (χ0v) is 13.3. The Morgan fingerprint density at radius 1 is 1.40 bits per heavy atom. The number of halogens is 1. The van der Waals surface area contributed by atoms with Gasteiger partial charge in [0.2, 0.25) is 5.91 Å². The molecule has 0 spiro atoms. The largest absolute Gasteiger partial charge is 0.481 e. The quantitative estimate of drug-likeness (QED) is 0.900. The van der Waals surface area contributed by atoms with Crippen LogP contribution in [0.15, 0.2) is 12.1 Å². The fraction of sp³-hybridized carbons (Fsp3) is 0.538. The van der Waals surface area contributed by atoms with E-state index in [2.05, 4.69) is 0 Å². The first-order chi connectivity index (χ1) is 9.56. The molecule has 0 atom stereocenters. The van der Waals surface area contributed by atoms with Crippen LogP contribution in [0.5, 0.6) is 0 Å². The van der Waals surface area contributed by atoms with Crippen LogP contribution in [0.2, 0.25) is 4.34 Å². The molecule has 1 aliphatic rings. The molecule has 0 radical (unpaired) electrons. The third kappa shape index (κ3) is 4.40. The van der Waals surface area contributed by atoms with Gasteiger partial charge in [-0.2, -0.15) is 0 Å². The highest BCUT2D eigenvalue weighted by atomic mass is 35.5. The lowest BCUT2D eigenvalue weighted by molar-refractivity contribution is -0.145. The van der Waals surface area contributed by atoms with Gasteiger partial charge in [-0.3, -0.25) is 9.59 Å². The normalized spacial score (nSPS) is 16.4. The second-order valence-electron chi connectivity index (χ2n) is 4.69. The highest BCUT2D eigenvalue weighted by Crippen LogP contribution is 2.25. The van der Waals surface area contributed by atoms with Crippen LogP contribution < -0.4 is 0 Å². The first-order valence-electron chi connectivity index (χ1n) is 6.39. The van der Waals surface area contributed by atoms with Crippen LogP contribution in [-0.2, 0) is 15.3 Å². The van der Waals surface area contributed by atoms with E-state index in [9.17, 15) is 9.59 Å². The van der Waals surface area contributed by atoms with Crippen molar-refractivity contribution in [3.63, 3.8) is 0 Å². The summed E-state index contributed by atoms with van der Waals surface area (Å²) in [7, 11) is 0. The average molecular weight is 334 g/mol. The molecule has 110 valence electrons. The van der Waals surface area contributed by atoms with E-state index in [-0.39, 0.29) is 11.8 Å². The zero-order chi connectivity index (χ0) is 14.5. The highest BCUT2D eigenvalue weighted by molar-refractivity contribution is 7.99. The summed E-state index contributed by atoms with van der Waals surface area (Å²) >= 11 is 8.95. The van der Waals surface area contributed by atoms with Crippen LogP contribution in [-0.4, -0.2) is 40.7 Å². The van der Waals surface area contributed by atoms with Crippen LogP contribution >= 0.6 is 34.7 Å². The number of rotatable bonds is 5. The lowest BCUT2D eigenvalue weighted by atomic mass is 9.97. The van der Waals surface area contributed by atoms with E-state index in [1.165, 1.54) is 11.3 Å². The number of thioether (sulfide) groups is 1. The molecule has 0 saturated carbocycles. The van der Waals surface area contributed by atoms with Gasteiger partial charge in [-0.15, -0.1) is 23.1 Å². The summed E-state index contributed by atoms with van der Waals surface area (Å²) in [5.74, 6) is 0.282. The van der Waals surface area contributed by atoms with Crippen molar-refractivity contribution in [2.24, 2.45) is 5.92 Å². The number of carboxylic acid groups (broad SMARTS) is 1. The lowest BCUT2D eigenvalue weighted by Gasteiger charge is -2.30. The van der Waals surface area contributed by atoms with Crippen molar-refractivity contribution in [1.82, 2.24) is 4.90 Å². The van der Waals surface area contributed by atoms with Crippen molar-refractivity contribution in [2.75, 3.05) is 18.8 Å². The molecule has 0 aliphatic carbocycles. The van der Waals surface area contributed by atoms with Crippen molar-refractivity contribution in [1.29, 1.82) is 0 Å². The summed E-state index contributed by atoms with van der Waals surface area (Å²) in [5.41, 5.74) is 0. The molecule has 1 N–H and O–H groups in total. The van der Waals surface area contributed by atoms with Crippen molar-refractivity contribution >= 4 is 46.6 Å². The van der Waals surface area contributed by atoms with Crippen LogP contribution in [0.1, 0.15) is 17.7 Å². The molecule has 0 bridgehead atoms. The number of carbonyl (C=O) groups excluding carboxylic acids is 1. The maximum atomic E-state index is 12.0. The number of carbonyl (C=O) groups is 2. The monoisotopic (exact) mass is 333 g/mol. The number of carboxylic acids is 1. The minimum atomic E-state index is -0.749. The summed E-state index contributed by atoms with van der Waals surface area (Å²) in [6.45, 7) is 1.11. The van der Waals surface area contributed by atoms with Gasteiger partial charge in [0.25, 0.3) is 0 Å². The molecule has 0 aromatic carbocycles. The molecule has 1 aromatic rings. The van der Waals surface area contributed by atoms with E-state index in [1.807, 2.05) is 12.1 Å². The van der Waals surface area contributed by atoms with Crippen LogP contribution in [0.4, 0.5) is 0 Å². The van der Waals surface area contributed by atoms with Gasteiger partial charge in [0.1, 0.15) is 0 Å². The topological polar surface area (TPSA) is 57.6 Å². The van der Waals surface area contributed by atoms with Crippen LogP contribution in [0, 0.1) is 5.92 Å². The van der Waals surface area contributed by atoms with Crippen LogP contribution in [0.25, 0.3) is 0 Å². The van der Waals surface area contributed by atoms with Crippen molar-refractivity contribution in [3.05, 3.63) is 21.3 Å². The van der Waals surface area contributed by atoms with Crippen molar-refractivity contribution in [3.8, 4) is 0 Å². The summed E-state index contributed by atoms with van der Waals surface area (Å²) in [5, 5.41) is 8.92. The molecular weight excluding hydrogens is 318 g/mol. The van der Waals surface area contributed by atoms with E-state index < -0.39 is 5.97 Å². The average Bonchev–Trinajstić information content (AvgIpc) is 2.84. The minimum absolute atomic E-state index is 0.0986. The van der Waals surface area contributed by atoms with Gasteiger partial charge in [-0.25, -0.2) is 0 Å². The van der Waals surface area contributed by atoms with E-state index >= 15 is 0 Å². The van der Waals surface area contributed by atoms with Gasteiger partial charge < -0.3 is 10.0 Å². The SMILES string of the molecule is O=C(O)C1CCN(C(=O)CSCc2ccc(Cl)s2)CC1. The van der Waals surface area contributed by atoms with Gasteiger partial charge in [0.05, 0.1) is 16.0 Å². The fourth-order valence-electron chi connectivity index (χ4n) is 2.14. The van der Waals surface area contributed by atoms with E-state index in [0.717, 1.165) is 15.0 Å². The third-order valence-corrected chi connectivity index (χ3v) is 5.68. The molecule has 1 aliphatic heterocycles. The molecule has 0 unspecified atom stereocenters. The van der Waals surface area contributed by atoms with E-state index in [0.29, 0.717) is 31.7 Å². The zero-order valence-electron chi connectivity index (χ0n) is 10.9. The van der Waals surface area contributed by atoms with E-state index in [1.54, 1.807) is 16.7 Å². The Bertz CT molecular complexity index is 484. The molecular formula is C13H16ClNO3S2. The minimum Gasteiger partial charge on any atom is -0.481 e. The second-order valence-corrected chi connectivity index (χ2v) is 7.48. The number of nitrogens with zero attached hydrogens (tertiary/aromatic N) is 1. The fourth-order valence-corrected chi connectivity index (χ4v) is 4.26. The molecule has 20 heavy (non-hydrogen) atoms. The van der Waals surface area contributed by atoms with Gasteiger partial charge in [-0.1, -0.05) is 11.6 Å². The number of likely N-dealkylation sites (tertiary alicyclic amines) is 1. The Morgan fingerprint density at radius 3 is 2.65 bits per heavy atom. The molecule has 1 saturated heterocycles. The number of hydrogen-bond acceptors (Lipinski definition) is 4. The number of hydrogen-bond donors (Lipinski definition) is 1. The summed E-state index contributed by atoms with van der Waals surface area (Å²) < 4.78 is 0.766. The van der Waals surface area contributed by atoms with Crippen molar-refractivity contribution in [2.45, 2.75) is 18.6 Å². The Kier molecular flexibility index (Phi) is 5.74. The maximum absolute atomic E-state index is 12.0. The standard InChI is InChI=1S/C13H16ClNO3S2/c14-11-2-1-10(20-11)7-19-8-12(16)15-5-3-9(4-6-15)13(17)18/h1-2,9H,3-8H2,(H,17,18). The number of aliphatic carboxylic acids is 1. The number of piperidine rings is 1. The predicted molar refractivity (Wildman–Crippen MR) is 82.4 cm³/mol. The molecule has 1 fully saturated rings. The molecule has 2 rings (SSSR count). The third-order valence-electron chi connectivity index (χ3n) is 3.30. The van der Waals surface area contributed by atoms with Gasteiger partial charge in [-0.05, 0) is 25.0 Å². The second kappa shape index (κ2) is 7.33. The first kappa shape index (κ1) is 15.7. The summed E-state index contributed by atoms with van der Waals surface area (Å²) in [6, 6.07) is 3.84. The van der Waals surface area contributed by atoms with Crippen molar-refractivity contribution < 1.29 is 14.7 Å². The molecule has 1 aromatic heterocycles. The Hall–Kier alpha value is -0.720. The Balaban J connectivity index is 1.69. The predicted octanol–water partition coefficient (Wildman–Crippen LogP) is 2.96. The Morgan fingerprint density at radius 2 is 2.10 bits per heavy atom. The lowest BCUT2D eigenvalue weighted by Crippen LogP contribution is -2.41. The van der Waals surface area contributed by atoms with Gasteiger partial charge in [0, 0.05) is 23.7 Å². The first-order valence-corrected chi connectivity index (χ1v) is 8.73. The summed E-state index contributed by atoms with van der Waals surface area (Å²) in [6.07, 6.45) is 1.12. The molecule has 7 heteroatoms. The molecule has 4 nitrogen and oxygen atoms in total. The van der Waals surface area contributed by atoms with Gasteiger partial charge in [0.15, 0.2) is 0 Å². The van der Waals surface area contributed by atoms with Gasteiger partial charge >= 0.3 is 5.97 Å². The van der Waals surface area contributed by atoms with E-state index in [4.69, 9.17) is 16.7 Å². The smallest absolute Gasteiger partial charge is 0.306 e. The molecule has 2 heterocycles. The van der Waals surface area contributed by atoms with Crippen LogP contribution in [0.3, 0.4) is 0 Å².